The number of halogens is 4. The molecule has 0 bridgehead atoms. The van der Waals surface area contributed by atoms with Gasteiger partial charge in [0.2, 0.25) is 0 Å². The van der Waals surface area contributed by atoms with Crippen LogP contribution in [0.3, 0.4) is 0 Å². The quantitative estimate of drug-likeness (QED) is 0.252. The van der Waals surface area contributed by atoms with Crippen LogP contribution in [0.15, 0.2) is 67.0 Å². The van der Waals surface area contributed by atoms with Gasteiger partial charge in [-0.25, -0.2) is 19.3 Å². The smallest absolute Gasteiger partial charge is 0.393 e. The van der Waals surface area contributed by atoms with Gasteiger partial charge in [0.1, 0.15) is 29.5 Å². The summed E-state index contributed by atoms with van der Waals surface area (Å²) in [7, 11) is 0. The first-order valence-corrected chi connectivity index (χ1v) is 12.2. The topological polar surface area (TPSA) is 83.0 Å². The van der Waals surface area contributed by atoms with E-state index in [-0.39, 0.29) is 5.82 Å². The molecule has 5 rings (SSSR count). The van der Waals surface area contributed by atoms with Crippen molar-refractivity contribution in [1.29, 1.82) is 0 Å². The van der Waals surface area contributed by atoms with Gasteiger partial charge in [-0.1, -0.05) is 24.3 Å². The largest absolute Gasteiger partial charge is 0.433 e. The SMILES string of the molecule is C[C@@H](Nc1nc(C(F)(F)F)ccc1-c1cc(Nc2cccc3c2C[C@H](O)CC3)ncn1)c1ccc(F)cc1. The summed E-state index contributed by atoms with van der Waals surface area (Å²) in [5, 5.41) is 16.5. The summed E-state index contributed by atoms with van der Waals surface area (Å²) in [4.78, 5) is 12.4. The van der Waals surface area contributed by atoms with Crippen molar-refractivity contribution >= 4 is 17.3 Å². The normalized spacial score (nSPS) is 16.0. The van der Waals surface area contributed by atoms with E-state index in [0.717, 1.165) is 29.3 Å². The first-order chi connectivity index (χ1) is 18.2. The number of aromatic nitrogens is 3. The lowest BCUT2D eigenvalue weighted by Gasteiger charge is -2.23. The number of aryl methyl sites for hydroxylation is 1. The predicted octanol–water partition coefficient (Wildman–Crippen LogP) is 6.46. The number of fused-ring (bicyclic) bond motifs is 1. The van der Waals surface area contributed by atoms with Gasteiger partial charge in [0.05, 0.1) is 11.8 Å². The molecule has 2 aromatic carbocycles. The highest BCUT2D eigenvalue weighted by atomic mass is 19.4. The number of nitrogens with one attached hydrogen (secondary N) is 2. The average Bonchev–Trinajstić information content (AvgIpc) is 2.89. The maximum Gasteiger partial charge on any atom is 0.433 e. The van der Waals surface area contributed by atoms with E-state index in [2.05, 4.69) is 25.6 Å². The zero-order valence-corrected chi connectivity index (χ0v) is 20.4. The van der Waals surface area contributed by atoms with E-state index < -0.39 is 29.8 Å². The Labute approximate surface area is 216 Å². The lowest BCUT2D eigenvalue weighted by Crippen LogP contribution is -2.19. The number of anilines is 3. The van der Waals surface area contributed by atoms with Crippen molar-refractivity contribution in [2.75, 3.05) is 10.6 Å². The van der Waals surface area contributed by atoms with Crippen LogP contribution in [-0.2, 0) is 19.0 Å². The number of aliphatic hydroxyl groups is 1. The van der Waals surface area contributed by atoms with Crippen LogP contribution in [0.25, 0.3) is 11.3 Å². The van der Waals surface area contributed by atoms with Crippen LogP contribution in [0.2, 0.25) is 0 Å². The minimum atomic E-state index is -4.64. The van der Waals surface area contributed by atoms with E-state index >= 15 is 0 Å². The summed E-state index contributed by atoms with van der Waals surface area (Å²) in [6, 6.07) is 15.0. The van der Waals surface area contributed by atoms with Crippen molar-refractivity contribution in [3.63, 3.8) is 0 Å². The molecule has 2 aromatic heterocycles. The zero-order chi connectivity index (χ0) is 26.9. The molecule has 3 N–H and O–H groups in total. The highest BCUT2D eigenvalue weighted by Crippen LogP contribution is 2.35. The van der Waals surface area contributed by atoms with Gasteiger partial charge in [-0.15, -0.1) is 0 Å². The van der Waals surface area contributed by atoms with Crippen molar-refractivity contribution in [1.82, 2.24) is 15.0 Å². The van der Waals surface area contributed by atoms with E-state index in [9.17, 15) is 22.7 Å². The predicted molar refractivity (Wildman–Crippen MR) is 136 cm³/mol. The van der Waals surface area contributed by atoms with Gasteiger partial charge in [-0.2, -0.15) is 13.2 Å². The number of rotatable bonds is 6. The average molecular weight is 524 g/mol. The number of hydrogen-bond acceptors (Lipinski definition) is 6. The van der Waals surface area contributed by atoms with Gasteiger partial charge in [-0.3, -0.25) is 0 Å². The first kappa shape index (κ1) is 25.6. The molecular formula is C28H25F4N5O. The minimum Gasteiger partial charge on any atom is -0.393 e. The molecule has 1 aliphatic carbocycles. The fourth-order valence-electron chi connectivity index (χ4n) is 4.57. The van der Waals surface area contributed by atoms with Crippen molar-refractivity contribution in [2.45, 2.75) is 44.5 Å². The third-order valence-electron chi connectivity index (χ3n) is 6.57. The molecule has 2 heterocycles. The van der Waals surface area contributed by atoms with Crippen molar-refractivity contribution in [2.24, 2.45) is 0 Å². The minimum absolute atomic E-state index is 0.0125. The Hall–Kier alpha value is -4.05. The van der Waals surface area contributed by atoms with Gasteiger partial charge in [0, 0.05) is 29.8 Å². The Bertz CT molecular complexity index is 1440. The van der Waals surface area contributed by atoms with E-state index in [1.54, 1.807) is 25.1 Å². The molecule has 10 heteroatoms. The summed E-state index contributed by atoms with van der Waals surface area (Å²) in [5.74, 6) is 0.0245. The Morgan fingerprint density at radius 2 is 1.82 bits per heavy atom. The maximum absolute atomic E-state index is 13.5. The molecule has 38 heavy (non-hydrogen) atoms. The van der Waals surface area contributed by atoms with Crippen LogP contribution >= 0.6 is 0 Å². The highest BCUT2D eigenvalue weighted by Gasteiger charge is 2.33. The maximum atomic E-state index is 13.5. The molecule has 0 unspecified atom stereocenters. The molecule has 0 saturated carbocycles. The molecule has 4 aromatic rings. The van der Waals surface area contributed by atoms with Crippen LogP contribution in [0.1, 0.15) is 41.8 Å². The van der Waals surface area contributed by atoms with Crippen LogP contribution in [-0.4, -0.2) is 26.2 Å². The zero-order valence-electron chi connectivity index (χ0n) is 20.4. The molecule has 196 valence electrons. The van der Waals surface area contributed by atoms with Gasteiger partial charge >= 0.3 is 6.18 Å². The number of pyridine rings is 1. The molecular weight excluding hydrogens is 498 g/mol. The van der Waals surface area contributed by atoms with Crippen molar-refractivity contribution in [3.8, 4) is 11.3 Å². The standard InChI is InChI=1S/C28H25F4N5O/c1-16(17-5-8-19(29)9-6-17)35-27-21(11-12-25(37-27)28(30,31)32)24-14-26(34-15-33-24)36-23-4-2-3-18-7-10-20(38)13-22(18)23/h2-6,8-9,11-12,14-16,20,38H,7,10,13H2,1H3,(H,35,37)(H,33,34,36)/t16-,20-/m1/s1. The summed E-state index contributed by atoms with van der Waals surface area (Å²) < 4.78 is 53.8. The van der Waals surface area contributed by atoms with Crippen LogP contribution in [0.5, 0.6) is 0 Å². The number of aliphatic hydroxyl groups excluding tert-OH is 1. The molecule has 0 radical (unpaired) electrons. The fourth-order valence-corrected chi connectivity index (χ4v) is 4.57. The number of nitrogens with zero attached hydrogens (tertiary/aromatic N) is 3. The summed E-state index contributed by atoms with van der Waals surface area (Å²) in [6.07, 6.45) is -1.72. The van der Waals surface area contributed by atoms with E-state index in [1.165, 1.54) is 24.5 Å². The van der Waals surface area contributed by atoms with E-state index in [4.69, 9.17) is 0 Å². The Morgan fingerprint density at radius 3 is 2.58 bits per heavy atom. The molecule has 0 amide bonds. The van der Waals surface area contributed by atoms with Gasteiger partial charge in [0.25, 0.3) is 0 Å². The Kier molecular flexibility index (Phi) is 6.98. The highest BCUT2D eigenvalue weighted by molar-refractivity contribution is 5.75. The molecule has 0 saturated heterocycles. The molecule has 1 aliphatic rings. The molecule has 6 nitrogen and oxygen atoms in total. The van der Waals surface area contributed by atoms with Crippen LogP contribution in [0.4, 0.5) is 34.9 Å². The van der Waals surface area contributed by atoms with Crippen LogP contribution in [0, 0.1) is 5.82 Å². The second-order valence-electron chi connectivity index (χ2n) is 9.26. The van der Waals surface area contributed by atoms with E-state index in [1.807, 2.05) is 18.2 Å². The van der Waals surface area contributed by atoms with Gasteiger partial charge in [-0.05, 0) is 66.8 Å². The molecule has 2 atom stereocenters. The summed E-state index contributed by atoms with van der Waals surface area (Å²) in [6.45, 7) is 1.75. The van der Waals surface area contributed by atoms with E-state index in [0.29, 0.717) is 35.5 Å². The van der Waals surface area contributed by atoms with Gasteiger partial charge < -0.3 is 15.7 Å². The lowest BCUT2D eigenvalue weighted by molar-refractivity contribution is -0.141. The van der Waals surface area contributed by atoms with Gasteiger partial charge in [0.15, 0.2) is 0 Å². The fraction of sp³-hybridized carbons (Fsp3) is 0.250. The van der Waals surface area contributed by atoms with Crippen LogP contribution < -0.4 is 10.6 Å². The molecule has 0 fully saturated rings. The molecule has 0 spiro atoms. The Morgan fingerprint density at radius 1 is 1.03 bits per heavy atom. The third-order valence-corrected chi connectivity index (χ3v) is 6.57. The van der Waals surface area contributed by atoms with Crippen molar-refractivity contribution < 1.29 is 22.7 Å². The number of benzene rings is 2. The molecule has 0 aliphatic heterocycles. The number of hydrogen-bond donors (Lipinski definition) is 3. The monoisotopic (exact) mass is 523 g/mol. The number of alkyl halides is 3. The second-order valence-corrected chi connectivity index (χ2v) is 9.26. The van der Waals surface area contributed by atoms with Crippen molar-refractivity contribution in [3.05, 3.63) is 95.2 Å². The lowest BCUT2D eigenvalue weighted by atomic mass is 9.88. The third kappa shape index (κ3) is 5.60. The summed E-state index contributed by atoms with van der Waals surface area (Å²) >= 11 is 0. The Balaban J connectivity index is 1.49. The summed E-state index contributed by atoms with van der Waals surface area (Å²) in [5.41, 5.74) is 3.32. The second kappa shape index (κ2) is 10.4. The first-order valence-electron chi connectivity index (χ1n) is 12.2.